The highest BCUT2D eigenvalue weighted by molar-refractivity contribution is 6.17. The van der Waals surface area contributed by atoms with Gasteiger partial charge in [-0.1, -0.05) is 50.6 Å². The molecule has 0 aromatic heterocycles. The van der Waals surface area contributed by atoms with Gasteiger partial charge in [0.05, 0.1) is 0 Å². The summed E-state index contributed by atoms with van der Waals surface area (Å²) in [6.07, 6.45) is 7.62. The second kappa shape index (κ2) is 9.85. The Morgan fingerprint density at radius 3 is 2.38 bits per heavy atom. The molecule has 0 unspecified atom stereocenters. The minimum atomic E-state index is -0.175. The van der Waals surface area contributed by atoms with E-state index in [2.05, 4.69) is 11.7 Å². The Hall–Kier alpha value is -0.240. The van der Waals surface area contributed by atoms with Crippen molar-refractivity contribution in [1.82, 2.24) is 0 Å². The van der Waals surface area contributed by atoms with E-state index in [4.69, 9.17) is 11.6 Å². The SMILES string of the molecule is CCCCCCCCC(=O)OCCl. The van der Waals surface area contributed by atoms with Crippen LogP contribution in [0.25, 0.3) is 0 Å². The van der Waals surface area contributed by atoms with Crippen molar-refractivity contribution in [2.45, 2.75) is 51.9 Å². The monoisotopic (exact) mass is 206 g/mol. The van der Waals surface area contributed by atoms with Crippen molar-refractivity contribution in [3.05, 3.63) is 0 Å². The number of unbranched alkanes of at least 4 members (excludes halogenated alkanes) is 5. The summed E-state index contributed by atoms with van der Waals surface area (Å²) in [5.74, 6) is -0.175. The first-order chi connectivity index (χ1) is 6.31. The Bertz CT molecular complexity index is 126. The predicted molar refractivity (Wildman–Crippen MR) is 54.8 cm³/mol. The van der Waals surface area contributed by atoms with Gasteiger partial charge >= 0.3 is 5.97 Å². The second-order valence-corrected chi connectivity index (χ2v) is 3.36. The molecule has 0 amide bonds. The van der Waals surface area contributed by atoms with E-state index in [1.807, 2.05) is 0 Å². The maximum Gasteiger partial charge on any atom is 0.306 e. The van der Waals surface area contributed by atoms with Crippen molar-refractivity contribution >= 4 is 17.6 Å². The topological polar surface area (TPSA) is 26.3 Å². The molecule has 0 radical (unpaired) electrons. The molecule has 3 heteroatoms. The van der Waals surface area contributed by atoms with Crippen molar-refractivity contribution in [1.29, 1.82) is 0 Å². The number of ether oxygens (including phenoxy) is 1. The minimum absolute atomic E-state index is 0.0192. The van der Waals surface area contributed by atoms with Crippen LogP contribution in [0.2, 0.25) is 0 Å². The Kier molecular flexibility index (Phi) is 9.66. The smallest absolute Gasteiger partial charge is 0.306 e. The van der Waals surface area contributed by atoms with Crippen LogP contribution < -0.4 is 0 Å². The summed E-state index contributed by atoms with van der Waals surface area (Å²) in [7, 11) is 0. The second-order valence-electron chi connectivity index (χ2n) is 3.14. The van der Waals surface area contributed by atoms with Gasteiger partial charge in [0.15, 0.2) is 6.07 Å². The van der Waals surface area contributed by atoms with Gasteiger partial charge in [-0.3, -0.25) is 4.79 Å². The van der Waals surface area contributed by atoms with Crippen LogP contribution in [0, 0.1) is 0 Å². The third kappa shape index (κ3) is 9.68. The molecule has 0 aliphatic heterocycles. The molecule has 0 aliphatic rings. The Morgan fingerprint density at radius 1 is 1.15 bits per heavy atom. The zero-order chi connectivity index (χ0) is 9.94. The fourth-order valence-electron chi connectivity index (χ4n) is 1.18. The lowest BCUT2D eigenvalue weighted by atomic mass is 10.1. The van der Waals surface area contributed by atoms with Gasteiger partial charge in [-0.2, -0.15) is 0 Å². The van der Waals surface area contributed by atoms with Crippen molar-refractivity contribution in [3.8, 4) is 0 Å². The van der Waals surface area contributed by atoms with E-state index in [1.54, 1.807) is 0 Å². The standard InChI is InChI=1S/C10H19ClO2/c1-2-3-4-5-6-7-8-10(12)13-9-11/h2-9H2,1H3. The Balaban J connectivity index is 3.02. The highest BCUT2D eigenvalue weighted by atomic mass is 35.5. The summed E-state index contributed by atoms with van der Waals surface area (Å²) in [6.45, 7) is 2.19. The summed E-state index contributed by atoms with van der Waals surface area (Å²) in [5, 5.41) is 0. The molecule has 0 aromatic rings. The molecule has 0 aliphatic carbocycles. The van der Waals surface area contributed by atoms with Crippen LogP contribution in [0.4, 0.5) is 0 Å². The van der Waals surface area contributed by atoms with Crippen molar-refractivity contribution in [2.24, 2.45) is 0 Å². The molecular formula is C10H19ClO2. The van der Waals surface area contributed by atoms with E-state index in [0.717, 1.165) is 12.8 Å². The molecule has 0 spiro atoms. The van der Waals surface area contributed by atoms with Crippen LogP contribution in [0.15, 0.2) is 0 Å². The highest BCUT2D eigenvalue weighted by Crippen LogP contribution is 2.07. The highest BCUT2D eigenvalue weighted by Gasteiger charge is 2.00. The van der Waals surface area contributed by atoms with Crippen LogP contribution in [-0.4, -0.2) is 12.0 Å². The van der Waals surface area contributed by atoms with Crippen molar-refractivity contribution in [2.75, 3.05) is 6.07 Å². The summed E-state index contributed by atoms with van der Waals surface area (Å²) >= 11 is 5.23. The summed E-state index contributed by atoms with van der Waals surface area (Å²) in [5.41, 5.74) is 0. The van der Waals surface area contributed by atoms with Crippen molar-refractivity contribution in [3.63, 3.8) is 0 Å². The molecule has 0 bridgehead atoms. The Labute approximate surface area is 85.6 Å². The number of carbonyl (C=O) groups is 1. The average molecular weight is 207 g/mol. The summed E-state index contributed by atoms with van der Waals surface area (Å²) < 4.78 is 4.60. The number of hydrogen-bond acceptors (Lipinski definition) is 2. The van der Waals surface area contributed by atoms with E-state index in [9.17, 15) is 4.79 Å². The van der Waals surface area contributed by atoms with Gasteiger partial charge in [0, 0.05) is 6.42 Å². The van der Waals surface area contributed by atoms with Gasteiger partial charge in [0.1, 0.15) is 0 Å². The van der Waals surface area contributed by atoms with E-state index in [1.165, 1.54) is 25.7 Å². The summed E-state index contributed by atoms with van der Waals surface area (Å²) in [6, 6.07) is -0.0192. The van der Waals surface area contributed by atoms with Crippen LogP contribution >= 0.6 is 11.6 Å². The fraction of sp³-hybridized carbons (Fsp3) is 0.900. The largest absolute Gasteiger partial charge is 0.449 e. The molecular weight excluding hydrogens is 188 g/mol. The van der Waals surface area contributed by atoms with Gasteiger partial charge in [-0.25, -0.2) is 0 Å². The molecule has 2 nitrogen and oxygen atoms in total. The molecule has 0 rings (SSSR count). The zero-order valence-electron chi connectivity index (χ0n) is 8.35. The Morgan fingerprint density at radius 2 is 1.77 bits per heavy atom. The zero-order valence-corrected chi connectivity index (χ0v) is 9.11. The molecule has 0 saturated carbocycles. The molecule has 13 heavy (non-hydrogen) atoms. The van der Waals surface area contributed by atoms with Crippen LogP contribution in [0.5, 0.6) is 0 Å². The van der Waals surface area contributed by atoms with E-state index in [0.29, 0.717) is 6.42 Å². The number of halogens is 1. The molecule has 0 aromatic carbocycles. The van der Waals surface area contributed by atoms with Crippen LogP contribution in [0.1, 0.15) is 51.9 Å². The van der Waals surface area contributed by atoms with E-state index < -0.39 is 0 Å². The quantitative estimate of drug-likeness (QED) is 0.345. The number of hydrogen-bond donors (Lipinski definition) is 0. The number of rotatable bonds is 8. The normalized spacial score (nSPS) is 10.0. The number of alkyl halides is 1. The lowest BCUT2D eigenvalue weighted by molar-refractivity contribution is -0.141. The molecule has 0 atom stereocenters. The van der Waals surface area contributed by atoms with Gasteiger partial charge in [-0.05, 0) is 6.42 Å². The van der Waals surface area contributed by atoms with Gasteiger partial charge in [0.25, 0.3) is 0 Å². The molecule has 0 N–H and O–H groups in total. The van der Waals surface area contributed by atoms with Gasteiger partial charge in [0.2, 0.25) is 0 Å². The van der Waals surface area contributed by atoms with Gasteiger partial charge < -0.3 is 4.74 Å². The maximum absolute atomic E-state index is 10.8. The average Bonchev–Trinajstić information content (AvgIpc) is 2.11. The lowest BCUT2D eigenvalue weighted by Crippen LogP contribution is -2.01. The van der Waals surface area contributed by atoms with Crippen molar-refractivity contribution < 1.29 is 9.53 Å². The molecule has 78 valence electrons. The first-order valence-corrected chi connectivity index (χ1v) is 5.56. The first-order valence-electron chi connectivity index (χ1n) is 5.02. The number of carbonyl (C=O) groups excluding carboxylic acids is 1. The molecule has 0 heterocycles. The van der Waals surface area contributed by atoms with Crippen LogP contribution in [0.3, 0.4) is 0 Å². The first kappa shape index (κ1) is 12.8. The predicted octanol–water partition coefficient (Wildman–Crippen LogP) is 3.48. The number of esters is 1. The van der Waals surface area contributed by atoms with Gasteiger partial charge in [-0.15, -0.1) is 0 Å². The third-order valence-electron chi connectivity index (χ3n) is 1.95. The van der Waals surface area contributed by atoms with E-state index >= 15 is 0 Å². The summed E-state index contributed by atoms with van der Waals surface area (Å²) in [4.78, 5) is 10.8. The molecule has 0 saturated heterocycles. The van der Waals surface area contributed by atoms with E-state index in [-0.39, 0.29) is 12.0 Å². The third-order valence-corrected chi connectivity index (χ3v) is 2.06. The lowest BCUT2D eigenvalue weighted by Gasteiger charge is -2.00. The minimum Gasteiger partial charge on any atom is -0.449 e. The van der Waals surface area contributed by atoms with Crippen LogP contribution in [-0.2, 0) is 9.53 Å². The maximum atomic E-state index is 10.8. The fourth-order valence-corrected chi connectivity index (χ4v) is 1.30. The molecule has 0 fully saturated rings.